The van der Waals surface area contributed by atoms with E-state index in [-0.39, 0.29) is 23.4 Å². The first-order valence-corrected chi connectivity index (χ1v) is 10.7. The van der Waals surface area contributed by atoms with E-state index < -0.39 is 10.0 Å². The van der Waals surface area contributed by atoms with Crippen molar-refractivity contribution in [2.24, 2.45) is 4.99 Å². The minimum Gasteiger partial charge on any atom is -0.489 e. The molecule has 29 heavy (non-hydrogen) atoms. The van der Waals surface area contributed by atoms with Crippen LogP contribution in [0, 0.1) is 12.7 Å². The van der Waals surface area contributed by atoms with Gasteiger partial charge in [-0.15, -0.1) is 0 Å². The zero-order valence-corrected chi connectivity index (χ0v) is 17.6. The van der Waals surface area contributed by atoms with Gasteiger partial charge in [0.25, 0.3) is 0 Å². The van der Waals surface area contributed by atoms with Crippen LogP contribution in [-0.4, -0.2) is 47.2 Å². The van der Waals surface area contributed by atoms with Crippen molar-refractivity contribution in [1.29, 1.82) is 0 Å². The minimum absolute atomic E-state index is 0.201. The van der Waals surface area contributed by atoms with Crippen LogP contribution in [-0.2, 0) is 10.0 Å². The van der Waals surface area contributed by atoms with Crippen molar-refractivity contribution in [2.45, 2.75) is 24.8 Å². The molecule has 0 saturated carbocycles. The molecule has 1 atom stereocenters. The average molecular weight is 423 g/mol. The van der Waals surface area contributed by atoms with E-state index in [1.54, 1.807) is 43.4 Å². The van der Waals surface area contributed by atoms with Crippen molar-refractivity contribution in [2.75, 3.05) is 26.7 Å². The monoisotopic (exact) mass is 422 g/mol. The van der Waals surface area contributed by atoms with E-state index in [4.69, 9.17) is 4.74 Å². The fourth-order valence-electron chi connectivity index (χ4n) is 2.44. The maximum atomic E-state index is 13.2. The van der Waals surface area contributed by atoms with Crippen LogP contribution in [0.3, 0.4) is 0 Å². The molecule has 0 aromatic heterocycles. The molecule has 0 fully saturated rings. The van der Waals surface area contributed by atoms with Gasteiger partial charge >= 0.3 is 0 Å². The van der Waals surface area contributed by atoms with Crippen LogP contribution >= 0.6 is 0 Å². The highest BCUT2D eigenvalue weighted by molar-refractivity contribution is 7.89. The van der Waals surface area contributed by atoms with E-state index in [1.807, 2.05) is 13.8 Å². The zero-order valence-electron chi connectivity index (χ0n) is 16.8. The van der Waals surface area contributed by atoms with Crippen LogP contribution < -0.4 is 20.1 Å². The maximum Gasteiger partial charge on any atom is 0.240 e. The van der Waals surface area contributed by atoms with Crippen molar-refractivity contribution in [1.82, 2.24) is 15.4 Å². The van der Waals surface area contributed by atoms with E-state index >= 15 is 0 Å². The van der Waals surface area contributed by atoms with Gasteiger partial charge in [-0.1, -0.05) is 23.8 Å². The van der Waals surface area contributed by atoms with Gasteiger partial charge in [-0.25, -0.2) is 17.5 Å². The normalized spacial score (nSPS) is 13.0. The highest BCUT2D eigenvalue weighted by Crippen LogP contribution is 2.13. The number of nitrogens with one attached hydrogen (secondary N) is 3. The van der Waals surface area contributed by atoms with Crippen LogP contribution in [0.1, 0.15) is 12.5 Å². The highest BCUT2D eigenvalue weighted by atomic mass is 32.2. The van der Waals surface area contributed by atoms with Crippen molar-refractivity contribution in [3.05, 3.63) is 59.9 Å². The number of sulfonamides is 1. The quantitative estimate of drug-likeness (QED) is 0.327. The fourth-order valence-corrected chi connectivity index (χ4v) is 3.47. The fraction of sp³-hybridized carbons (Fsp3) is 0.350. The lowest BCUT2D eigenvalue weighted by Gasteiger charge is -2.18. The second kappa shape index (κ2) is 10.8. The largest absolute Gasteiger partial charge is 0.489 e. The predicted octanol–water partition coefficient (Wildman–Crippen LogP) is 2.04. The molecular weight excluding hydrogens is 395 g/mol. The molecule has 9 heteroatoms. The van der Waals surface area contributed by atoms with Crippen molar-refractivity contribution >= 4 is 16.0 Å². The van der Waals surface area contributed by atoms with E-state index in [1.165, 1.54) is 12.1 Å². The second-order valence-electron chi connectivity index (χ2n) is 6.48. The Morgan fingerprint density at radius 3 is 2.52 bits per heavy atom. The Hall–Kier alpha value is -2.65. The second-order valence-corrected chi connectivity index (χ2v) is 8.24. The topological polar surface area (TPSA) is 91.8 Å². The molecule has 0 aliphatic carbocycles. The summed E-state index contributed by atoms with van der Waals surface area (Å²) in [6.45, 7) is 4.73. The molecule has 2 rings (SSSR count). The highest BCUT2D eigenvalue weighted by Gasteiger charge is 2.13. The SMILES string of the molecule is CN=C(NCCNS(=O)(=O)c1ccc(C)cc1)NCC(C)Oc1cccc(F)c1. The van der Waals surface area contributed by atoms with Crippen LogP contribution in [0.2, 0.25) is 0 Å². The van der Waals surface area contributed by atoms with Gasteiger partial charge in [-0.2, -0.15) is 0 Å². The molecule has 0 aliphatic rings. The Balaban J connectivity index is 1.72. The number of hydrogen-bond donors (Lipinski definition) is 3. The zero-order chi connectivity index (χ0) is 21.3. The summed E-state index contributed by atoms with van der Waals surface area (Å²) in [5.41, 5.74) is 0.996. The van der Waals surface area contributed by atoms with E-state index in [0.29, 0.717) is 24.8 Å². The van der Waals surface area contributed by atoms with Crippen molar-refractivity contribution in [3.63, 3.8) is 0 Å². The molecule has 0 heterocycles. The molecule has 0 bridgehead atoms. The number of nitrogens with zero attached hydrogens (tertiary/aromatic N) is 1. The van der Waals surface area contributed by atoms with Gasteiger partial charge in [-0.05, 0) is 38.1 Å². The van der Waals surface area contributed by atoms with Gasteiger partial charge in [-0.3, -0.25) is 4.99 Å². The summed E-state index contributed by atoms with van der Waals surface area (Å²) in [4.78, 5) is 4.32. The van der Waals surface area contributed by atoms with Crippen LogP contribution in [0.25, 0.3) is 0 Å². The number of rotatable bonds is 9. The maximum absolute atomic E-state index is 13.2. The third kappa shape index (κ3) is 7.71. The van der Waals surface area contributed by atoms with E-state index in [0.717, 1.165) is 5.56 Å². The smallest absolute Gasteiger partial charge is 0.240 e. The Labute approximate surface area is 171 Å². The first-order valence-electron chi connectivity index (χ1n) is 9.23. The minimum atomic E-state index is -3.55. The number of aryl methyl sites for hydroxylation is 1. The molecule has 0 aliphatic heterocycles. The van der Waals surface area contributed by atoms with E-state index in [9.17, 15) is 12.8 Å². The molecule has 2 aromatic rings. The Kier molecular flexibility index (Phi) is 8.41. The molecule has 3 N–H and O–H groups in total. The lowest BCUT2D eigenvalue weighted by atomic mass is 10.2. The number of ether oxygens (including phenoxy) is 1. The van der Waals surface area contributed by atoms with Gasteiger partial charge in [0, 0.05) is 26.2 Å². The first-order chi connectivity index (χ1) is 13.8. The Bertz CT molecular complexity index is 918. The van der Waals surface area contributed by atoms with Gasteiger partial charge in [0.2, 0.25) is 10.0 Å². The van der Waals surface area contributed by atoms with Gasteiger partial charge in [0.15, 0.2) is 5.96 Å². The molecule has 0 saturated heterocycles. The molecule has 7 nitrogen and oxygen atoms in total. The Morgan fingerprint density at radius 1 is 1.14 bits per heavy atom. The summed E-state index contributed by atoms with van der Waals surface area (Å²) in [6.07, 6.45) is -0.226. The van der Waals surface area contributed by atoms with Crippen molar-refractivity contribution in [3.8, 4) is 5.75 Å². The summed E-state index contributed by atoms with van der Waals surface area (Å²) >= 11 is 0. The van der Waals surface area contributed by atoms with Gasteiger partial charge in [0.05, 0.1) is 11.4 Å². The molecule has 1 unspecified atom stereocenters. The number of hydrogen-bond acceptors (Lipinski definition) is 4. The first kappa shape index (κ1) is 22.6. The summed E-state index contributed by atoms with van der Waals surface area (Å²) < 4.78 is 45.9. The third-order valence-corrected chi connectivity index (χ3v) is 5.43. The van der Waals surface area contributed by atoms with Crippen LogP contribution in [0.15, 0.2) is 58.4 Å². The van der Waals surface area contributed by atoms with Crippen molar-refractivity contribution < 1.29 is 17.5 Å². The molecule has 0 amide bonds. The molecule has 2 aromatic carbocycles. The standard InChI is InChI=1S/C20H27FN4O3S/c1-15-7-9-19(10-8-15)29(26,27)25-12-11-23-20(22-3)24-14-16(2)28-18-6-4-5-17(21)13-18/h4-10,13,16,25H,11-12,14H2,1-3H3,(H2,22,23,24). The lowest BCUT2D eigenvalue weighted by Crippen LogP contribution is -2.44. The number of aliphatic imine (C=N–C) groups is 1. The van der Waals surface area contributed by atoms with Gasteiger partial charge < -0.3 is 15.4 Å². The number of guanidine groups is 1. The molecule has 158 valence electrons. The van der Waals surface area contributed by atoms with E-state index in [2.05, 4.69) is 20.3 Å². The average Bonchev–Trinajstić information content (AvgIpc) is 2.67. The lowest BCUT2D eigenvalue weighted by molar-refractivity contribution is 0.223. The molecule has 0 radical (unpaired) electrons. The third-order valence-electron chi connectivity index (χ3n) is 3.95. The Morgan fingerprint density at radius 2 is 1.86 bits per heavy atom. The number of halogens is 1. The molecule has 0 spiro atoms. The summed E-state index contributed by atoms with van der Waals surface area (Å²) in [5.74, 6) is 0.607. The summed E-state index contributed by atoms with van der Waals surface area (Å²) in [5, 5.41) is 6.11. The molecular formula is C20H27FN4O3S. The summed E-state index contributed by atoms with van der Waals surface area (Å²) in [6, 6.07) is 12.6. The van der Waals surface area contributed by atoms with Gasteiger partial charge in [0.1, 0.15) is 17.7 Å². The van der Waals surface area contributed by atoms with Crippen LogP contribution in [0.4, 0.5) is 4.39 Å². The summed E-state index contributed by atoms with van der Waals surface area (Å²) in [7, 11) is -1.93. The van der Waals surface area contributed by atoms with Crippen LogP contribution in [0.5, 0.6) is 5.75 Å². The number of benzene rings is 2. The predicted molar refractivity (Wildman–Crippen MR) is 112 cm³/mol.